The number of likely N-dealkylation sites (tertiary alicyclic amines) is 1. The van der Waals surface area contributed by atoms with E-state index < -0.39 is 0 Å². The second-order valence-corrected chi connectivity index (χ2v) is 6.66. The number of rotatable bonds is 4. The number of hydrogen-bond donors (Lipinski definition) is 0. The topological polar surface area (TPSA) is 58.6 Å². The van der Waals surface area contributed by atoms with Crippen LogP contribution in [0.25, 0.3) is 0 Å². The Morgan fingerprint density at radius 3 is 2.78 bits per heavy atom. The fourth-order valence-corrected chi connectivity index (χ4v) is 3.57. The van der Waals surface area contributed by atoms with Gasteiger partial charge in [-0.2, -0.15) is 4.98 Å². The highest BCUT2D eigenvalue weighted by atomic mass is 35.5. The van der Waals surface area contributed by atoms with Gasteiger partial charge in [0.05, 0.1) is 13.3 Å². The minimum absolute atomic E-state index is 0.322. The van der Waals surface area contributed by atoms with Crippen molar-refractivity contribution in [3.05, 3.63) is 11.2 Å². The summed E-state index contributed by atoms with van der Waals surface area (Å²) in [7, 11) is 1.55. The molecule has 2 fully saturated rings. The molecule has 0 aromatic carbocycles. The van der Waals surface area contributed by atoms with Crippen LogP contribution in [0.3, 0.4) is 0 Å². The van der Waals surface area contributed by atoms with Crippen molar-refractivity contribution in [1.82, 2.24) is 14.9 Å². The highest BCUT2D eigenvalue weighted by Gasteiger charge is 2.26. The zero-order chi connectivity index (χ0) is 16.2. The minimum atomic E-state index is 0.322. The predicted octanol–water partition coefficient (Wildman–Crippen LogP) is 2.37. The number of ether oxygens (including phenoxy) is 1. The first-order chi connectivity index (χ1) is 11.2. The highest BCUT2D eigenvalue weighted by Crippen LogP contribution is 2.29. The maximum Gasteiger partial charge on any atom is 0.318 e. The van der Waals surface area contributed by atoms with E-state index in [1.54, 1.807) is 13.3 Å². The average molecular weight is 339 g/mol. The van der Waals surface area contributed by atoms with Crippen LogP contribution in [0, 0.1) is 5.92 Å². The number of aromatic nitrogens is 2. The number of carbonyl (C=O) groups excluding carboxylic acids is 1. The molecule has 0 atom stereocenters. The molecule has 0 radical (unpaired) electrons. The molecular weight excluding hydrogens is 316 g/mol. The zero-order valence-corrected chi connectivity index (χ0v) is 14.3. The molecule has 0 saturated carbocycles. The highest BCUT2D eigenvalue weighted by molar-refractivity contribution is 6.32. The Balaban J connectivity index is 1.57. The average Bonchev–Trinajstić information content (AvgIpc) is 2.58. The van der Waals surface area contributed by atoms with Crippen LogP contribution in [0.5, 0.6) is 6.01 Å². The van der Waals surface area contributed by atoms with Gasteiger partial charge in [0.25, 0.3) is 0 Å². The molecule has 0 spiro atoms. The summed E-state index contributed by atoms with van der Waals surface area (Å²) >= 11 is 6.22. The monoisotopic (exact) mass is 338 g/mol. The molecule has 2 aliphatic rings. The molecule has 1 aromatic rings. The van der Waals surface area contributed by atoms with Crippen molar-refractivity contribution < 1.29 is 9.53 Å². The maximum atomic E-state index is 11.9. The number of hydrogen-bond acceptors (Lipinski definition) is 5. The molecule has 3 heterocycles. The SMILES string of the molecule is COc1ncc(Cl)c(N2CCC(CN3CCCCC3=O)CC2)n1. The Hall–Kier alpha value is -1.56. The summed E-state index contributed by atoms with van der Waals surface area (Å²) in [4.78, 5) is 24.5. The summed E-state index contributed by atoms with van der Waals surface area (Å²) in [6, 6.07) is 0.338. The second-order valence-electron chi connectivity index (χ2n) is 6.26. The van der Waals surface area contributed by atoms with Crippen molar-refractivity contribution in [2.24, 2.45) is 5.92 Å². The number of halogens is 1. The van der Waals surface area contributed by atoms with E-state index in [1.165, 1.54) is 0 Å². The summed E-state index contributed by atoms with van der Waals surface area (Å²) < 4.78 is 5.08. The molecule has 0 N–H and O–H groups in total. The Bertz CT molecular complexity index is 561. The van der Waals surface area contributed by atoms with E-state index in [-0.39, 0.29) is 0 Å². The Morgan fingerprint density at radius 2 is 2.09 bits per heavy atom. The van der Waals surface area contributed by atoms with Gasteiger partial charge in [-0.15, -0.1) is 0 Å². The lowest BCUT2D eigenvalue weighted by Crippen LogP contribution is -2.43. The fraction of sp³-hybridized carbons (Fsp3) is 0.688. The first-order valence-corrected chi connectivity index (χ1v) is 8.64. The van der Waals surface area contributed by atoms with E-state index in [2.05, 4.69) is 14.9 Å². The van der Waals surface area contributed by atoms with Crippen LogP contribution in [0.4, 0.5) is 5.82 Å². The van der Waals surface area contributed by atoms with Gasteiger partial charge in [0, 0.05) is 32.6 Å². The Labute approximate surface area is 141 Å². The second kappa shape index (κ2) is 7.34. The standard InChI is InChI=1S/C16H23ClN4O2/c1-23-16-18-10-13(17)15(19-16)20-8-5-12(6-9-20)11-21-7-3-2-4-14(21)22/h10,12H,2-9,11H2,1H3. The van der Waals surface area contributed by atoms with Crippen LogP contribution in [0.15, 0.2) is 6.20 Å². The predicted molar refractivity (Wildman–Crippen MR) is 89.0 cm³/mol. The van der Waals surface area contributed by atoms with Crippen LogP contribution < -0.4 is 9.64 Å². The van der Waals surface area contributed by atoms with Crippen molar-refractivity contribution >= 4 is 23.3 Å². The van der Waals surface area contributed by atoms with E-state index in [9.17, 15) is 4.79 Å². The molecule has 7 heteroatoms. The summed E-state index contributed by atoms with van der Waals surface area (Å²) in [5, 5.41) is 0.551. The van der Waals surface area contributed by atoms with Gasteiger partial charge in [0.15, 0.2) is 5.82 Å². The molecule has 3 rings (SSSR count). The molecule has 0 aliphatic carbocycles. The third-order valence-electron chi connectivity index (χ3n) is 4.70. The van der Waals surface area contributed by atoms with Crippen LogP contribution >= 0.6 is 11.6 Å². The number of carbonyl (C=O) groups is 1. The Morgan fingerprint density at radius 1 is 1.30 bits per heavy atom. The first-order valence-electron chi connectivity index (χ1n) is 8.26. The minimum Gasteiger partial charge on any atom is -0.467 e. The number of nitrogens with zero attached hydrogens (tertiary/aromatic N) is 4. The molecule has 126 valence electrons. The summed E-state index contributed by atoms with van der Waals surface area (Å²) in [6.07, 6.45) is 6.58. The summed E-state index contributed by atoms with van der Waals surface area (Å²) in [6.45, 7) is 3.61. The molecular formula is C16H23ClN4O2. The van der Waals surface area contributed by atoms with Gasteiger partial charge < -0.3 is 14.5 Å². The lowest BCUT2D eigenvalue weighted by molar-refractivity contribution is -0.134. The van der Waals surface area contributed by atoms with Crippen LogP contribution in [-0.4, -0.2) is 54.1 Å². The molecule has 0 unspecified atom stereocenters. The van der Waals surface area contributed by atoms with E-state index in [0.29, 0.717) is 22.9 Å². The van der Waals surface area contributed by atoms with Gasteiger partial charge in [0.2, 0.25) is 5.91 Å². The van der Waals surface area contributed by atoms with Gasteiger partial charge >= 0.3 is 6.01 Å². The largest absolute Gasteiger partial charge is 0.467 e. The smallest absolute Gasteiger partial charge is 0.318 e. The Kier molecular flexibility index (Phi) is 5.20. The molecule has 6 nitrogen and oxygen atoms in total. The molecule has 2 aliphatic heterocycles. The number of amides is 1. The zero-order valence-electron chi connectivity index (χ0n) is 13.5. The number of piperidine rings is 2. The van der Waals surface area contributed by atoms with Crippen LogP contribution in [0.1, 0.15) is 32.1 Å². The van der Waals surface area contributed by atoms with Crippen LogP contribution in [-0.2, 0) is 4.79 Å². The van der Waals surface area contributed by atoms with E-state index >= 15 is 0 Å². The van der Waals surface area contributed by atoms with Crippen LogP contribution in [0.2, 0.25) is 5.02 Å². The third kappa shape index (κ3) is 3.86. The summed E-state index contributed by atoms with van der Waals surface area (Å²) in [5.74, 6) is 1.63. The third-order valence-corrected chi connectivity index (χ3v) is 4.97. The van der Waals surface area contributed by atoms with E-state index in [0.717, 1.165) is 64.1 Å². The van der Waals surface area contributed by atoms with Gasteiger partial charge in [-0.1, -0.05) is 11.6 Å². The van der Waals surface area contributed by atoms with Crippen molar-refractivity contribution in [1.29, 1.82) is 0 Å². The first kappa shape index (κ1) is 16.3. The van der Waals surface area contributed by atoms with Crippen molar-refractivity contribution in [2.75, 3.05) is 38.2 Å². The molecule has 0 bridgehead atoms. The fourth-order valence-electron chi connectivity index (χ4n) is 3.36. The maximum absolute atomic E-state index is 11.9. The lowest BCUT2D eigenvalue weighted by atomic mass is 9.95. The van der Waals surface area contributed by atoms with Crippen molar-refractivity contribution in [3.8, 4) is 6.01 Å². The van der Waals surface area contributed by atoms with Gasteiger partial charge in [-0.3, -0.25) is 4.79 Å². The van der Waals surface area contributed by atoms with Crippen molar-refractivity contribution in [3.63, 3.8) is 0 Å². The normalized spacial score (nSPS) is 20.0. The number of methoxy groups -OCH3 is 1. The quantitative estimate of drug-likeness (QED) is 0.843. The molecule has 1 aromatic heterocycles. The number of anilines is 1. The van der Waals surface area contributed by atoms with Gasteiger partial charge in [-0.05, 0) is 31.6 Å². The molecule has 23 heavy (non-hydrogen) atoms. The lowest BCUT2D eigenvalue weighted by Gasteiger charge is -2.36. The molecule has 1 amide bonds. The summed E-state index contributed by atoms with van der Waals surface area (Å²) in [5.41, 5.74) is 0. The van der Waals surface area contributed by atoms with E-state index in [1.807, 2.05) is 4.90 Å². The van der Waals surface area contributed by atoms with E-state index in [4.69, 9.17) is 16.3 Å². The van der Waals surface area contributed by atoms with Crippen molar-refractivity contribution in [2.45, 2.75) is 32.1 Å². The van der Waals surface area contributed by atoms with Gasteiger partial charge in [0.1, 0.15) is 5.02 Å². The molecule has 2 saturated heterocycles. The van der Waals surface area contributed by atoms with Gasteiger partial charge in [-0.25, -0.2) is 4.98 Å².